The molecule has 4 nitrogen and oxygen atoms in total. The largest absolute Gasteiger partial charge is 0.347 e. The van der Waals surface area contributed by atoms with Gasteiger partial charge < -0.3 is 5.32 Å². The molecule has 23 heavy (non-hydrogen) atoms. The Morgan fingerprint density at radius 2 is 2.13 bits per heavy atom. The van der Waals surface area contributed by atoms with Crippen molar-refractivity contribution >= 4 is 33.2 Å². The lowest BCUT2D eigenvalue weighted by molar-refractivity contribution is 0.0950. The molecule has 3 aromatic rings. The molecule has 0 atom stereocenters. The van der Waals surface area contributed by atoms with Gasteiger partial charge in [-0.3, -0.25) is 4.79 Å². The minimum atomic E-state index is -0.307. The molecule has 2 heterocycles. The number of amides is 1. The molecule has 0 saturated heterocycles. The summed E-state index contributed by atoms with van der Waals surface area (Å²) < 4.78 is 15.6. The molecule has 0 saturated carbocycles. The SMILES string of the molecule is Cc1c(C(=O)NCc2cc(Br)cs2)cnn1-c1ccc(F)cc1. The summed E-state index contributed by atoms with van der Waals surface area (Å²) >= 11 is 4.96. The maximum Gasteiger partial charge on any atom is 0.255 e. The second-order valence-corrected chi connectivity index (χ2v) is 6.86. The van der Waals surface area contributed by atoms with E-state index in [1.807, 2.05) is 18.4 Å². The topological polar surface area (TPSA) is 46.9 Å². The molecule has 7 heteroatoms. The fourth-order valence-electron chi connectivity index (χ4n) is 2.18. The zero-order chi connectivity index (χ0) is 16.4. The number of carbonyl (C=O) groups excluding carboxylic acids is 1. The van der Waals surface area contributed by atoms with Crippen LogP contribution in [0.3, 0.4) is 0 Å². The van der Waals surface area contributed by atoms with E-state index >= 15 is 0 Å². The molecule has 3 rings (SSSR count). The number of benzene rings is 1. The van der Waals surface area contributed by atoms with Crippen molar-refractivity contribution in [3.8, 4) is 5.69 Å². The fourth-order valence-corrected chi connectivity index (χ4v) is 3.57. The number of carbonyl (C=O) groups is 1. The van der Waals surface area contributed by atoms with Crippen LogP contribution < -0.4 is 5.32 Å². The molecule has 0 spiro atoms. The molecule has 0 radical (unpaired) electrons. The summed E-state index contributed by atoms with van der Waals surface area (Å²) in [7, 11) is 0. The second-order valence-electron chi connectivity index (χ2n) is 4.95. The first kappa shape index (κ1) is 15.9. The third-order valence-electron chi connectivity index (χ3n) is 3.37. The number of thiophene rings is 1. The van der Waals surface area contributed by atoms with Crippen LogP contribution in [-0.4, -0.2) is 15.7 Å². The van der Waals surface area contributed by atoms with Gasteiger partial charge in [0.1, 0.15) is 5.82 Å². The monoisotopic (exact) mass is 393 g/mol. The Balaban J connectivity index is 1.75. The summed E-state index contributed by atoms with van der Waals surface area (Å²) in [4.78, 5) is 13.4. The fraction of sp³-hybridized carbons (Fsp3) is 0.125. The lowest BCUT2D eigenvalue weighted by atomic mass is 10.2. The standard InChI is InChI=1S/C16H13BrFN3OS/c1-10-15(16(22)19-7-14-6-11(17)9-23-14)8-20-21(10)13-4-2-12(18)3-5-13/h2-6,8-9H,7H2,1H3,(H,19,22). The number of nitrogens with zero attached hydrogens (tertiary/aromatic N) is 2. The van der Waals surface area contributed by atoms with E-state index in [0.717, 1.165) is 9.35 Å². The number of aromatic nitrogens is 2. The van der Waals surface area contributed by atoms with Gasteiger partial charge in [-0.25, -0.2) is 9.07 Å². The molecule has 1 aromatic carbocycles. The lowest BCUT2D eigenvalue weighted by Crippen LogP contribution is -2.22. The van der Waals surface area contributed by atoms with E-state index in [0.29, 0.717) is 23.5 Å². The van der Waals surface area contributed by atoms with Gasteiger partial charge in [0.05, 0.1) is 29.7 Å². The Morgan fingerprint density at radius 1 is 1.39 bits per heavy atom. The van der Waals surface area contributed by atoms with Crippen molar-refractivity contribution in [1.82, 2.24) is 15.1 Å². The number of hydrogen-bond donors (Lipinski definition) is 1. The number of hydrogen-bond acceptors (Lipinski definition) is 3. The van der Waals surface area contributed by atoms with Crippen molar-refractivity contribution in [2.45, 2.75) is 13.5 Å². The third-order valence-corrected chi connectivity index (χ3v) is 5.07. The van der Waals surface area contributed by atoms with E-state index in [-0.39, 0.29) is 11.7 Å². The Morgan fingerprint density at radius 3 is 2.78 bits per heavy atom. The molecule has 0 aliphatic rings. The van der Waals surface area contributed by atoms with E-state index in [1.165, 1.54) is 18.3 Å². The molecular formula is C16H13BrFN3OS. The van der Waals surface area contributed by atoms with Gasteiger partial charge in [0.25, 0.3) is 5.91 Å². The second kappa shape index (κ2) is 6.64. The Bertz CT molecular complexity index is 841. The van der Waals surface area contributed by atoms with Crippen LogP contribution in [-0.2, 0) is 6.54 Å². The van der Waals surface area contributed by atoms with E-state index in [9.17, 15) is 9.18 Å². The van der Waals surface area contributed by atoms with Gasteiger partial charge in [0.2, 0.25) is 0 Å². The van der Waals surface area contributed by atoms with Crippen LogP contribution in [0.2, 0.25) is 0 Å². The molecule has 1 N–H and O–H groups in total. The molecule has 2 aromatic heterocycles. The highest BCUT2D eigenvalue weighted by Gasteiger charge is 2.15. The lowest BCUT2D eigenvalue weighted by Gasteiger charge is -2.06. The summed E-state index contributed by atoms with van der Waals surface area (Å²) in [6.07, 6.45) is 1.53. The maximum atomic E-state index is 13.0. The van der Waals surface area contributed by atoms with Gasteiger partial charge in [0.15, 0.2) is 0 Å². The summed E-state index contributed by atoms with van der Waals surface area (Å²) in [5.41, 5.74) is 1.93. The summed E-state index contributed by atoms with van der Waals surface area (Å²) in [6.45, 7) is 2.28. The van der Waals surface area contributed by atoms with Gasteiger partial charge in [-0.2, -0.15) is 5.10 Å². The average molecular weight is 394 g/mol. The zero-order valence-electron chi connectivity index (χ0n) is 12.2. The van der Waals surface area contributed by atoms with Gasteiger partial charge in [0, 0.05) is 14.7 Å². The van der Waals surface area contributed by atoms with E-state index in [2.05, 4.69) is 26.3 Å². The van der Waals surface area contributed by atoms with Crippen molar-refractivity contribution in [2.24, 2.45) is 0 Å². The first-order valence-electron chi connectivity index (χ1n) is 6.86. The molecule has 118 valence electrons. The predicted molar refractivity (Wildman–Crippen MR) is 91.4 cm³/mol. The highest BCUT2D eigenvalue weighted by atomic mass is 79.9. The van der Waals surface area contributed by atoms with Gasteiger partial charge in [-0.05, 0) is 53.2 Å². The van der Waals surface area contributed by atoms with Gasteiger partial charge in [-0.15, -0.1) is 11.3 Å². The average Bonchev–Trinajstić information content (AvgIpc) is 3.12. The minimum absolute atomic E-state index is 0.180. The summed E-state index contributed by atoms with van der Waals surface area (Å²) in [5.74, 6) is -0.487. The van der Waals surface area contributed by atoms with E-state index in [4.69, 9.17) is 0 Å². The summed E-state index contributed by atoms with van der Waals surface area (Å²) in [6, 6.07) is 7.95. The van der Waals surface area contributed by atoms with Gasteiger partial charge >= 0.3 is 0 Å². The number of halogens is 2. The van der Waals surface area contributed by atoms with Crippen LogP contribution >= 0.6 is 27.3 Å². The Hall–Kier alpha value is -1.99. The highest BCUT2D eigenvalue weighted by Crippen LogP contribution is 2.20. The van der Waals surface area contributed by atoms with E-state index in [1.54, 1.807) is 28.2 Å². The molecular weight excluding hydrogens is 381 g/mol. The number of nitrogens with one attached hydrogen (secondary N) is 1. The Labute approximate surface area is 145 Å². The van der Waals surface area contributed by atoms with Crippen LogP contribution in [0.1, 0.15) is 20.9 Å². The first-order valence-corrected chi connectivity index (χ1v) is 8.53. The third kappa shape index (κ3) is 3.51. The van der Waals surface area contributed by atoms with Crippen LogP contribution in [0.15, 0.2) is 46.4 Å². The van der Waals surface area contributed by atoms with Crippen molar-refractivity contribution in [2.75, 3.05) is 0 Å². The van der Waals surface area contributed by atoms with Crippen molar-refractivity contribution in [1.29, 1.82) is 0 Å². The van der Waals surface area contributed by atoms with Gasteiger partial charge in [-0.1, -0.05) is 0 Å². The first-order chi connectivity index (χ1) is 11.0. The van der Waals surface area contributed by atoms with Crippen LogP contribution in [0.5, 0.6) is 0 Å². The number of rotatable bonds is 4. The quantitative estimate of drug-likeness (QED) is 0.725. The minimum Gasteiger partial charge on any atom is -0.347 e. The van der Waals surface area contributed by atoms with Crippen molar-refractivity contribution in [3.63, 3.8) is 0 Å². The summed E-state index contributed by atoms with van der Waals surface area (Å²) in [5, 5.41) is 9.08. The van der Waals surface area contributed by atoms with E-state index < -0.39 is 0 Å². The molecule has 0 bridgehead atoms. The Kier molecular flexibility index (Phi) is 4.58. The molecule has 0 aliphatic heterocycles. The van der Waals surface area contributed by atoms with Crippen molar-refractivity contribution in [3.05, 3.63) is 68.3 Å². The molecule has 0 unspecified atom stereocenters. The smallest absolute Gasteiger partial charge is 0.255 e. The van der Waals surface area contributed by atoms with Crippen LogP contribution in [0.25, 0.3) is 5.69 Å². The predicted octanol–water partition coefficient (Wildman–Crippen LogP) is 4.07. The van der Waals surface area contributed by atoms with Crippen LogP contribution in [0.4, 0.5) is 4.39 Å². The maximum absolute atomic E-state index is 13.0. The normalized spacial score (nSPS) is 10.7. The highest BCUT2D eigenvalue weighted by molar-refractivity contribution is 9.10. The molecule has 1 amide bonds. The molecule has 0 aliphatic carbocycles. The molecule has 0 fully saturated rings. The zero-order valence-corrected chi connectivity index (χ0v) is 14.6. The van der Waals surface area contributed by atoms with Crippen LogP contribution in [0, 0.1) is 12.7 Å². The van der Waals surface area contributed by atoms with Crippen molar-refractivity contribution < 1.29 is 9.18 Å².